The second kappa shape index (κ2) is 4.55. The normalized spacial score (nSPS) is 18.1. The highest BCUT2D eigenvalue weighted by atomic mass is 16.7. The van der Waals surface area contributed by atoms with Gasteiger partial charge in [-0.05, 0) is 18.2 Å². The third-order valence-electron chi connectivity index (χ3n) is 3.26. The first kappa shape index (κ1) is 14.1. The van der Waals surface area contributed by atoms with Crippen LogP contribution in [-0.4, -0.2) is 38.7 Å². The summed E-state index contributed by atoms with van der Waals surface area (Å²) in [5.41, 5.74) is 0.519. The molecule has 1 saturated heterocycles. The monoisotopic (exact) mass is 304 g/mol. The number of rotatable bonds is 2. The number of ether oxygens (including phenoxy) is 2. The molecule has 22 heavy (non-hydrogen) atoms. The van der Waals surface area contributed by atoms with Crippen LogP contribution in [0.5, 0.6) is 0 Å². The molecule has 1 fully saturated rings. The number of hydrogen-bond acceptors (Lipinski definition) is 7. The number of fused-ring (bicyclic) bond motifs is 1. The molecule has 1 N–H and O–H groups in total. The molecule has 0 bridgehead atoms. The summed E-state index contributed by atoms with van der Waals surface area (Å²) >= 11 is 0. The van der Waals surface area contributed by atoms with Gasteiger partial charge in [-0.2, -0.15) is 0 Å². The second-order valence-electron chi connectivity index (χ2n) is 5.35. The zero-order valence-electron chi connectivity index (χ0n) is 11.8. The Morgan fingerprint density at radius 3 is 2.55 bits per heavy atom. The Bertz CT molecular complexity index is 787. The topological polar surface area (TPSA) is 108 Å². The first-order valence-corrected chi connectivity index (χ1v) is 6.45. The Kier molecular flexibility index (Phi) is 2.91. The van der Waals surface area contributed by atoms with Gasteiger partial charge in [0.2, 0.25) is 5.92 Å². The lowest BCUT2D eigenvalue weighted by molar-refractivity contribution is -0.236. The number of Topliss-reactive ketones (excluding diaryl/α,β-unsaturated/α-hetero) is 1. The average Bonchev–Trinajstić information content (AvgIpc) is 2.77. The fraction of sp³-hybridized carbons (Fsp3) is 0.286. The quantitative estimate of drug-likeness (QED) is 0.380. The molecule has 0 radical (unpaired) electrons. The van der Waals surface area contributed by atoms with Crippen LogP contribution in [0, 0.1) is 5.92 Å². The molecule has 0 saturated carbocycles. The number of esters is 2. The molecule has 0 spiro atoms. The summed E-state index contributed by atoms with van der Waals surface area (Å²) in [5, 5.41) is 13.5. The van der Waals surface area contributed by atoms with Crippen LogP contribution < -0.4 is 0 Å². The maximum absolute atomic E-state index is 12.4. The standard InChI is InChI=1S/C14H12N2O6/c1-14(2)21-12(18)10(13(19)22-14)11(17)7-3-4-9-8(5-7)6-15-16(9)20/h3-6,10,20H,1-2H3. The molecule has 114 valence electrons. The maximum atomic E-state index is 12.4. The maximum Gasteiger partial charge on any atom is 0.331 e. The van der Waals surface area contributed by atoms with Crippen LogP contribution in [0.1, 0.15) is 24.2 Å². The lowest BCUT2D eigenvalue weighted by Gasteiger charge is -2.32. The van der Waals surface area contributed by atoms with Crippen LogP contribution in [0.3, 0.4) is 0 Å². The van der Waals surface area contributed by atoms with Crippen molar-refractivity contribution in [3.63, 3.8) is 0 Å². The molecule has 2 aromatic rings. The molecule has 0 unspecified atom stereocenters. The molecule has 1 aromatic carbocycles. The van der Waals surface area contributed by atoms with Crippen LogP contribution >= 0.6 is 0 Å². The van der Waals surface area contributed by atoms with E-state index in [0.717, 1.165) is 0 Å². The SMILES string of the molecule is CC1(C)OC(=O)C(C(=O)c2ccc3c(cnn3O)c2)C(=O)O1. The summed E-state index contributed by atoms with van der Waals surface area (Å²) in [7, 11) is 0. The molecule has 8 heteroatoms. The first-order valence-electron chi connectivity index (χ1n) is 6.45. The number of carbonyl (C=O) groups is 3. The van der Waals surface area contributed by atoms with Crippen molar-refractivity contribution < 1.29 is 29.1 Å². The van der Waals surface area contributed by atoms with Crippen LogP contribution in [0.15, 0.2) is 24.4 Å². The second-order valence-corrected chi connectivity index (χ2v) is 5.35. The largest absolute Gasteiger partial charge is 0.422 e. The van der Waals surface area contributed by atoms with Crippen molar-refractivity contribution in [1.82, 2.24) is 9.94 Å². The molecular formula is C14H12N2O6. The molecule has 0 atom stereocenters. The number of cyclic esters (lactones) is 2. The zero-order valence-corrected chi connectivity index (χ0v) is 11.8. The van der Waals surface area contributed by atoms with Gasteiger partial charge < -0.3 is 14.7 Å². The molecule has 1 aliphatic rings. The van der Waals surface area contributed by atoms with Crippen LogP contribution in [0.4, 0.5) is 0 Å². The van der Waals surface area contributed by atoms with Crippen molar-refractivity contribution >= 4 is 28.6 Å². The predicted octanol–water partition coefficient (Wildman–Crippen LogP) is 0.909. The van der Waals surface area contributed by atoms with Gasteiger partial charge in [-0.25, -0.2) is 0 Å². The third-order valence-corrected chi connectivity index (χ3v) is 3.26. The summed E-state index contributed by atoms with van der Waals surface area (Å²) < 4.78 is 9.86. The molecule has 8 nitrogen and oxygen atoms in total. The van der Waals surface area contributed by atoms with E-state index in [1.54, 1.807) is 0 Å². The molecule has 1 aromatic heterocycles. The molecule has 3 rings (SSSR count). The first-order chi connectivity index (χ1) is 10.3. The van der Waals surface area contributed by atoms with Gasteiger partial charge in [-0.15, -0.1) is 9.94 Å². The fourth-order valence-electron chi connectivity index (χ4n) is 2.27. The summed E-state index contributed by atoms with van der Waals surface area (Å²) in [6.07, 6.45) is 1.35. The Balaban J connectivity index is 1.95. The minimum absolute atomic E-state index is 0.124. The van der Waals surface area contributed by atoms with Gasteiger partial charge in [0.05, 0.1) is 6.20 Å². The van der Waals surface area contributed by atoms with Crippen molar-refractivity contribution in [2.75, 3.05) is 0 Å². The number of carbonyl (C=O) groups excluding carboxylic acids is 3. The summed E-state index contributed by atoms with van der Waals surface area (Å²) in [5.74, 6) is -5.63. The van der Waals surface area contributed by atoms with E-state index in [2.05, 4.69) is 5.10 Å². The van der Waals surface area contributed by atoms with Gasteiger partial charge in [0.1, 0.15) is 5.52 Å². The minimum atomic E-state index is -1.64. The number of hydrogen-bond donors (Lipinski definition) is 1. The van der Waals surface area contributed by atoms with E-state index in [1.165, 1.54) is 38.2 Å². The number of nitrogens with zero attached hydrogens (tertiary/aromatic N) is 2. The number of benzene rings is 1. The van der Waals surface area contributed by atoms with Gasteiger partial charge >= 0.3 is 11.9 Å². The molecular weight excluding hydrogens is 292 g/mol. The van der Waals surface area contributed by atoms with Gasteiger partial charge in [0, 0.05) is 24.8 Å². The van der Waals surface area contributed by atoms with E-state index in [-0.39, 0.29) is 5.56 Å². The Hall–Kier alpha value is -2.90. The third kappa shape index (κ3) is 2.18. The van der Waals surface area contributed by atoms with Crippen molar-refractivity contribution in [2.45, 2.75) is 19.6 Å². The Labute approximate surface area is 124 Å². The predicted molar refractivity (Wildman–Crippen MR) is 71.0 cm³/mol. The van der Waals surface area contributed by atoms with Crippen LogP contribution in [0.2, 0.25) is 0 Å². The van der Waals surface area contributed by atoms with E-state index >= 15 is 0 Å². The van der Waals surface area contributed by atoms with Gasteiger partial charge in [0.25, 0.3) is 5.79 Å². The summed E-state index contributed by atoms with van der Waals surface area (Å²) in [4.78, 5) is 36.9. The molecule has 2 heterocycles. The molecule has 0 amide bonds. The van der Waals surface area contributed by atoms with Gasteiger partial charge in [0.15, 0.2) is 5.78 Å². The lowest BCUT2D eigenvalue weighted by Crippen LogP contribution is -2.49. The lowest BCUT2D eigenvalue weighted by atomic mass is 9.96. The molecule has 1 aliphatic heterocycles. The van der Waals surface area contributed by atoms with E-state index < -0.39 is 29.4 Å². The average molecular weight is 304 g/mol. The summed E-state index contributed by atoms with van der Waals surface area (Å²) in [6.45, 7) is 2.82. The van der Waals surface area contributed by atoms with Crippen molar-refractivity contribution in [1.29, 1.82) is 0 Å². The van der Waals surface area contributed by atoms with E-state index in [1.807, 2.05) is 0 Å². The fourth-order valence-corrected chi connectivity index (χ4v) is 2.27. The zero-order chi connectivity index (χ0) is 16.1. The Morgan fingerprint density at radius 1 is 1.27 bits per heavy atom. The Morgan fingerprint density at radius 2 is 1.91 bits per heavy atom. The highest BCUT2D eigenvalue weighted by molar-refractivity contribution is 6.21. The highest BCUT2D eigenvalue weighted by Crippen LogP contribution is 2.26. The van der Waals surface area contributed by atoms with Gasteiger partial charge in [-0.3, -0.25) is 14.4 Å². The van der Waals surface area contributed by atoms with Crippen molar-refractivity contribution in [3.05, 3.63) is 30.0 Å². The number of ketones is 1. The smallest absolute Gasteiger partial charge is 0.331 e. The van der Waals surface area contributed by atoms with Crippen LogP contribution in [0.25, 0.3) is 10.9 Å². The van der Waals surface area contributed by atoms with Crippen molar-refractivity contribution in [3.8, 4) is 0 Å². The van der Waals surface area contributed by atoms with E-state index in [0.29, 0.717) is 15.7 Å². The van der Waals surface area contributed by atoms with Gasteiger partial charge in [-0.1, -0.05) is 0 Å². The van der Waals surface area contributed by atoms with Crippen LogP contribution in [-0.2, 0) is 19.1 Å². The minimum Gasteiger partial charge on any atom is -0.422 e. The van der Waals surface area contributed by atoms with E-state index in [9.17, 15) is 19.6 Å². The highest BCUT2D eigenvalue weighted by Gasteiger charge is 2.47. The number of aromatic nitrogens is 2. The van der Waals surface area contributed by atoms with E-state index in [4.69, 9.17) is 9.47 Å². The molecule has 0 aliphatic carbocycles. The van der Waals surface area contributed by atoms with Crippen molar-refractivity contribution in [2.24, 2.45) is 5.92 Å². The summed E-state index contributed by atoms with van der Waals surface area (Å²) in [6, 6.07) is 4.27.